The van der Waals surface area contributed by atoms with E-state index in [1.807, 2.05) is 0 Å². The van der Waals surface area contributed by atoms with Gasteiger partial charge in [0.1, 0.15) is 0 Å². The van der Waals surface area contributed by atoms with Crippen LogP contribution in [0.15, 0.2) is 18.2 Å². The Balaban J connectivity index is 0.00000169. The monoisotopic (exact) mass is 183 g/mol. The van der Waals surface area contributed by atoms with Crippen LogP contribution in [-0.2, 0) is 0 Å². The van der Waals surface area contributed by atoms with Crippen LogP contribution in [0.4, 0.5) is 5.69 Å². The molecule has 0 saturated carbocycles. The maximum absolute atomic E-state index is 4.61. The fourth-order valence-electron chi connectivity index (χ4n) is 1.40. The van der Waals surface area contributed by atoms with E-state index >= 15 is 0 Å². The van der Waals surface area contributed by atoms with Gasteiger partial charge in [-0.2, -0.15) is 0 Å². The Morgan fingerprint density at radius 3 is 1.71 bits per heavy atom. The molecule has 0 aliphatic carbocycles. The summed E-state index contributed by atoms with van der Waals surface area (Å²) in [5.41, 5.74) is 3.66. The molecule has 1 aromatic carbocycles. The maximum Gasteiger partial charge on any atom is 1.00 e. The van der Waals surface area contributed by atoms with Crippen LogP contribution in [0.25, 0.3) is 5.32 Å². The molecule has 0 saturated heterocycles. The molecule has 0 heterocycles. The first-order valence-electron chi connectivity index (χ1n) is 4.68. The Morgan fingerprint density at radius 2 is 1.36 bits per heavy atom. The second-order valence-corrected chi connectivity index (χ2v) is 4.63. The normalized spacial score (nSPS) is 10.6. The van der Waals surface area contributed by atoms with Gasteiger partial charge in [-0.05, 0) is 13.8 Å². The van der Waals surface area contributed by atoms with Gasteiger partial charge in [0.05, 0.1) is 0 Å². The zero-order valence-corrected chi connectivity index (χ0v) is 10.2. The van der Waals surface area contributed by atoms with Crippen LogP contribution < -0.4 is 18.9 Å². The molecule has 0 atom stereocenters. The molecule has 0 bridgehead atoms. The molecule has 0 aromatic heterocycles. The zero-order chi connectivity index (χ0) is 10.1. The number of nitrogens with zero attached hydrogens (tertiary/aromatic N) is 1. The van der Waals surface area contributed by atoms with Crippen LogP contribution >= 0.6 is 0 Å². The van der Waals surface area contributed by atoms with Crippen LogP contribution in [0, 0.1) is 13.8 Å². The van der Waals surface area contributed by atoms with E-state index in [0.717, 1.165) is 5.69 Å². The van der Waals surface area contributed by atoms with Gasteiger partial charge < -0.3 is 5.32 Å². The number of benzene rings is 1. The van der Waals surface area contributed by atoms with Crippen molar-refractivity contribution in [1.29, 1.82) is 0 Å². The van der Waals surface area contributed by atoms with Crippen LogP contribution in [0.5, 0.6) is 0 Å². The van der Waals surface area contributed by atoms with Crippen molar-refractivity contribution in [2.24, 2.45) is 0 Å². The van der Waals surface area contributed by atoms with Gasteiger partial charge in [0.25, 0.3) is 0 Å². The third-order valence-electron chi connectivity index (χ3n) is 1.67. The molecule has 0 aliphatic heterocycles. The average molecular weight is 183 g/mol. The fraction of sp³-hybridized carbons (Fsp3) is 0.500. The molecule has 0 spiro atoms. The molecule has 0 unspecified atom stereocenters. The summed E-state index contributed by atoms with van der Waals surface area (Å²) in [6.07, 6.45) is 0. The minimum absolute atomic E-state index is 0. The number of aryl methyl sites for hydroxylation is 2. The van der Waals surface area contributed by atoms with E-state index in [1.165, 1.54) is 11.1 Å². The van der Waals surface area contributed by atoms with Gasteiger partial charge in [-0.15, -0.1) is 11.2 Å². The van der Waals surface area contributed by atoms with E-state index in [0.29, 0.717) is 0 Å². The zero-order valence-electron chi connectivity index (χ0n) is 10.2. The van der Waals surface area contributed by atoms with Crippen LogP contribution in [0.2, 0.25) is 0 Å². The summed E-state index contributed by atoms with van der Waals surface area (Å²) in [6, 6.07) is 6.41. The first-order chi connectivity index (χ1) is 5.87. The Kier molecular flexibility index (Phi) is 4.78. The van der Waals surface area contributed by atoms with E-state index in [9.17, 15) is 0 Å². The van der Waals surface area contributed by atoms with Gasteiger partial charge in [-0.3, -0.25) is 0 Å². The van der Waals surface area contributed by atoms with E-state index in [1.54, 1.807) is 0 Å². The topological polar surface area (TPSA) is 14.1 Å². The number of rotatable bonds is 1. The maximum atomic E-state index is 4.61. The molecule has 0 radical (unpaired) electrons. The first-order valence-corrected chi connectivity index (χ1v) is 4.68. The SMILES string of the molecule is Cc1cc(C)cc([N-]C(C)(C)C)c1.[Li+]. The van der Waals surface area contributed by atoms with Crippen LogP contribution in [0.1, 0.15) is 31.9 Å². The van der Waals surface area contributed by atoms with Crippen molar-refractivity contribution in [3.05, 3.63) is 34.6 Å². The van der Waals surface area contributed by atoms with Gasteiger partial charge in [0, 0.05) is 0 Å². The average Bonchev–Trinajstić information content (AvgIpc) is 1.78. The van der Waals surface area contributed by atoms with E-state index in [4.69, 9.17) is 0 Å². The first kappa shape index (κ1) is 13.6. The molecule has 1 aromatic rings. The van der Waals surface area contributed by atoms with Crippen LogP contribution in [-0.4, -0.2) is 5.54 Å². The van der Waals surface area contributed by atoms with Crippen molar-refractivity contribution in [2.75, 3.05) is 0 Å². The second-order valence-electron chi connectivity index (χ2n) is 4.63. The van der Waals surface area contributed by atoms with Crippen molar-refractivity contribution in [3.8, 4) is 0 Å². The molecule has 14 heavy (non-hydrogen) atoms. The molecule has 1 nitrogen and oxygen atoms in total. The summed E-state index contributed by atoms with van der Waals surface area (Å²) in [4.78, 5) is 0. The van der Waals surface area contributed by atoms with Gasteiger partial charge in [0.2, 0.25) is 0 Å². The molecule has 0 aliphatic rings. The molecule has 2 heteroatoms. The van der Waals surface area contributed by atoms with Crippen LogP contribution in [0.3, 0.4) is 0 Å². The molecular weight excluding hydrogens is 165 g/mol. The molecular formula is C12H18LiN. The number of hydrogen-bond acceptors (Lipinski definition) is 0. The minimum atomic E-state index is 0. The van der Waals surface area contributed by atoms with Crippen molar-refractivity contribution in [3.63, 3.8) is 0 Å². The van der Waals surface area contributed by atoms with E-state index in [-0.39, 0.29) is 24.4 Å². The Labute approximate surface area is 99.5 Å². The van der Waals surface area contributed by atoms with Crippen molar-refractivity contribution < 1.29 is 18.9 Å². The van der Waals surface area contributed by atoms with Gasteiger partial charge >= 0.3 is 18.9 Å². The molecule has 1 rings (SSSR count). The second kappa shape index (κ2) is 4.91. The molecule has 72 valence electrons. The smallest absolute Gasteiger partial charge is 0.680 e. The summed E-state index contributed by atoms with van der Waals surface area (Å²) in [5, 5.41) is 4.61. The standard InChI is InChI=1S/C12H18N.Li/c1-9-6-10(2)8-11(7-9)13-12(3,4)5;/h6-8H,1-5H3;/q-1;+1. The summed E-state index contributed by atoms with van der Waals surface area (Å²) in [6.45, 7) is 10.6. The molecule has 0 amide bonds. The van der Waals surface area contributed by atoms with E-state index < -0.39 is 0 Å². The third kappa shape index (κ3) is 4.74. The minimum Gasteiger partial charge on any atom is -0.680 e. The van der Waals surface area contributed by atoms with Gasteiger partial charge in [-0.1, -0.05) is 50.1 Å². The Bertz CT molecular complexity index is 279. The van der Waals surface area contributed by atoms with Crippen molar-refractivity contribution in [2.45, 2.75) is 40.2 Å². The van der Waals surface area contributed by atoms with Crippen molar-refractivity contribution in [1.82, 2.24) is 0 Å². The van der Waals surface area contributed by atoms with Gasteiger partial charge in [0.15, 0.2) is 0 Å². The quantitative estimate of drug-likeness (QED) is 0.579. The molecule has 0 fully saturated rings. The fourth-order valence-corrected chi connectivity index (χ4v) is 1.40. The van der Waals surface area contributed by atoms with Crippen molar-refractivity contribution >= 4 is 5.69 Å². The Hall–Kier alpha value is -0.383. The summed E-state index contributed by atoms with van der Waals surface area (Å²) in [5.74, 6) is 0. The predicted molar refractivity (Wildman–Crippen MR) is 58.7 cm³/mol. The summed E-state index contributed by atoms with van der Waals surface area (Å²) >= 11 is 0. The van der Waals surface area contributed by atoms with E-state index in [2.05, 4.69) is 58.1 Å². The summed E-state index contributed by atoms with van der Waals surface area (Å²) < 4.78 is 0. The van der Waals surface area contributed by atoms with Gasteiger partial charge in [-0.25, -0.2) is 0 Å². The largest absolute Gasteiger partial charge is 1.00 e. The third-order valence-corrected chi connectivity index (χ3v) is 1.67. The summed E-state index contributed by atoms with van der Waals surface area (Å²) in [7, 11) is 0. The Morgan fingerprint density at radius 1 is 0.929 bits per heavy atom. The predicted octanol–water partition coefficient (Wildman–Crippen LogP) is 1.11. The molecule has 0 N–H and O–H groups in total. The number of hydrogen-bond donors (Lipinski definition) is 0.